The second-order valence-electron chi connectivity index (χ2n) is 5.96. The molecule has 0 atom stereocenters. The van der Waals surface area contributed by atoms with Crippen LogP contribution in [0.1, 0.15) is 44.6 Å². The second kappa shape index (κ2) is 3.51. The molecule has 16 heavy (non-hydrogen) atoms. The van der Waals surface area contributed by atoms with Crippen molar-refractivity contribution in [3.8, 4) is 0 Å². The van der Waals surface area contributed by atoms with Gasteiger partial charge in [-0.25, -0.2) is 0 Å². The molecule has 0 N–H and O–H groups in total. The molecular formula is C15H21N. The van der Waals surface area contributed by atoms with E-state index in [0.29, 0.717) is 5.92 Å². The molecule has 1 saturated heterocycles. The Morgan fingerprint density at radius 3 is 2.12 bits per heavy atom. The zero-order valence-corrected chi connectivity index (χ0v) is 10.4. The molecule has 1 aliphatic carbocycles. The number of nitrogens with zero attached hydrogens (tertiary/aromatic N) is 1. The molecule has 1 aliphatic heterocycles. The Kier molecular flexibility index (Phi) is 2.24. The van der Waals surface area contributed by atoms with Crippen molar-refractivity contribution in [3.05, 3.63) is 29.8 Å². The van der Waals surface area contributed by atoms with E-state index >= 15 is 0 Å². The topological polar surface area (TPSA) is 3.24 Å². The molecule has 1 spiro atoms. The molecular weight excluding hydrogens is 194 g/mol. The summed E-state index contributed by atoms with van der Waals surface area (Å²) in [6.45, 7) is 7.10. The molecule has 1 aromatic carbocycles. The van der Waals surface area contributed by atoms with Gasteiger partial charge < -0.3 is 4.90 Å². The largest absolute Gasteiger partial charge is 0.370 e. The number of hydrogen-bond donors (Lipinski definition) is 0. The zero-order chi connectivity index (χ0) is 11.2. The van der Waals surface area contributed by atoms with Crippen LogP contribution < -0.4 is 4.90 Å². The Bertz CT molecular complexity index is 365. The van der Waals surface area contributed by atoms with Crippen molar-refractivity contribution in [2.24, 2.45) is 5.41 Å². The average molecular weight is 215 g/mol. The van der Waals surface area contributed by atoms with Gasteiger partial charge in [-0.15, -0.1) is 0 Å². The van der Waals surface area contributed by atoms with Crippen molar-refractivity contribution in [1.82, 2.24) is 0 Å². The first kappa shape index (κ1) is 10.2. The summed E-state index contributed by atoms with van der Waals surface area (Å²) in [5.74, 6) is 0.642. The van der Waals surface area contributed by atoms with Crippen molar-refractivity contribution in [2.75, 3.05) is 18.0 Å². The van der Waals surface area contributed by atoms with Crippen molar-refractivity contribution in [1.29, 1.82) is 0 Å². The van der Waals surface area contributed by atoms with Crippen LogP contribution >= 0.6 is 0 Å². The van der Waals surface area contributed by atoms with E-state index in [9.17, 15) is 0 Å². The van der Waals surface area contributed by atoms with E-state index in [4.69, 9.17) is 0 Å². The summed E-state index contributed by atoms with van der Waals surface area (Å²) in [5, 5.41) is 0. The van der Waals surface area contributed by atoms with Crippen LogP contribution in [0.2, 0.25) is 0 Å². The van der Waals surface area contributed by atoms with Crippen LogP contribution in [-0.2, 0) is 0 Å². The third-order valence-electron chi connectivity index (χ3n) is 4.39. The molecule has 86 valence electrons. The lowest BCUT2D eigenvalue weighted by atomic mass is 9.63. The van der Waals surface area contributed by atoms with Crippen LogP contribution in [0.25, 0.3) is 0 Å². The first-order valence-electron chi connectivity index (χ1n) is 6.54. The maximum absolute atomic E-state index is 2.53. The molecule has 1 nitrogen and oxygen atoms in total. The van der Waals surface area contributed by atoms with E-state index in [2.05, 4.69) is 43.0 Å². The monoisotopic (exact) mass is 215 g/mol. The highest BCUT2D eigenvalue weighted by Gasteiger charge is 2.47. The van der Waals surface area contributed by atoms with Gasteiger partial charge >= 0.3 is 0 Å². The third-order valence-corrected chi connectivity index (χ3v) is 4.39. The van der Waals surface area contributed by atoms with E-state index in [1.165, 1.54) is 43.6 Å². The van der Waals surface area contributed by atoms with E-state index < -0.39 is 0 Å². The lowest BCUT2D eigenvalue weighted by molar-refractivity contribution is 0.0904. The van der Waals surface area contributed by atoms with Gasteiger partial charge in [0.2, 0.25) is 0 Å². The minimum Gasteiger partial charge on any atom is -0.370 e. The second-order valence-corrected chi connectivity index (χ2v) is 5.96. The Hall–Kier alpha value is -0.980. The predicted molar refractivity (Wildman–Crippen MR) is 69.0 cm³/mol. The molecule has 1 aromatic rings. The summed E-state index contributed by atoms with van der Waals surface area (Å²) in [4.78, 5) is 2.53. The van der Waals surface area contributed by atoms with Gasteiger partial charge in [-0.3, -0.25) is 0 Å². The van der Waals surface area contributed by atoms with E-state index in [-0.39, 0.29) is 0 Å². The molecule has 0 unspecified atom stereocenters. The molecule has 0 aromatic heterocycles. The molecule has 0 bridgehead atoms. The van der Waals surface area contributed by atoms with Crippen LogP contribution in [0, 0.1) is 5.41 Å². The lowest BCUT2D eigenvalue weighted by Gasteiger charge is -2.57. The Morgan fingerprint density at radius 1 is 1.06 bits per heavy atom. The number of rotatable bonds is 2. The SMILES string of the molecule is CC(C)c1ccc(N2CC3(CCC3)C2)cc1. The maximum Gasteiger partial charge on any atom is 0.0366 e. The van der Waals surface area contributed by atoms with E-state index in [0.717, 1.165) is 5.41 Å². The van der Waals surface area contributed by atoms with Gasteiger partial charge in [0.15, 0.2) is 0 Å². The summed E-state index contributed by atoms with van der Waals surface area (Å²) in [6.07, 6.45) is 4.39. The van der Waals surface area contributed by atoms with Gasteiger partial charge in [0, 0.05) is 24.2 Å². The zero-order valence-electron chi connectivity index (χ0n) is 10.4. The van der Waals surface area contributed by atoms with Crippen molar-refractivity contribution in [3.63, 3.8) is 0 Å². The van der Waals surface area contributed by atoms with Gasteiger partial charge in [-0.1, -0.05) is 32.4 Å². The molecule has 2 fully saturated rings. The number of hydrogen-bond acceptors (Lipinski definition) is 1. The van der Waals surface area contributed by atoms with Gasteiger partial charge in [0.25, 0.3) is 0 Å². The van der Waals surface area contributed by atoms with Crippen LogP contribution in [0.3, 0.4) is 0 Å². The molecule has 0 amide bonds. The normalized spacial score (nSPS) is 22.1. The number of anilines is 1. The third kappa shape index (κ3) is 1.53. The van der Waals surface area contributed by atoms with Crippen LogP contribution in [0.4, 0.5) is 5.69 Å². The Labute approximate surface area is 98.5 Å². The highest BCUT2D eigenvalue weighted by Crippen LogP contribution is 2.49. The first-order chi connectivity index (χ1) is 7.69. The standard InChI is InChI=1S/C15H21N/c1-12(2)13-4-6-14(7-5-13)16-10-15(11-16)8-3-9-15/h4-7,12H,3,8-11H2,1-2H3. The quantitative estimate of drug-likeness (QED) is 0.725. The maximum atomic E-state index is 2.53. The Morgan fingerprint density at radius 2 is 1.69 bits per heavy atom. The minimum atomic E-state index is 0.642. The summed E-state index contributed by atoms with van der Waals surface area (Å²) < 4.78 is 0. The van der Waals surface area contributed by atoms with Crippen LogP contribution in [0.15, 0.2) is 24.3 Å². The molecule has 1 heterocycles. The first-order valence-corrected chi connectivity index (χ1v) is 6.54. The highest BCUT2D eigenvalue weighted by molar-refractivity contribution is 5.51. The fourth-order valence-corrected chi connectivity index (χ4v) is 3.01. The molecule has 2 aliphatic rings. The molecule has 1 heteroatoms. The van der Waals surface area contributed by atoms with Crippen LogP contribution in [0.5, 0.6) is 0 Å². The highest BCUT2D eigenvalue weighted by atomic mass is 15.2. The fraction of sp³-hybridized carbons (Fsp3) is 0.600. The minimum absolute atomic E-state index is 0.642. The van der Waals surface area contributed by atoms with Gasteiger partial charge in [0.1, 0.15) is 0 Å². The molecule has 3 rings (SSSR count). The van der Waals surface area contributed by atoms with E-state index in [1.54, 1.807) is 0 Å². The van der Waals surface area contributed by atoms with Crippen LogP contribution in [-0.4, -0.2) is 13.1 Å². The van der Waals surface area contributed by atoms with Gasteiger partial charge in [-0.2, -0.15) is 0 Å². The predicted octanol–water partition coefficient (Wildman–Crippen LogP) is 3.80. The van der Waals surface area contributed by atoms with Crippen molar-refractivity contribution >= 4 is 5.69 Å². The number of benzene rings is 1. The summed E-state index contributed by atoms with van der Waals surface area (Å²) >= 11 is 0. The Balaban J connectivity index is 1.67. The summed E-state index contributed by atoms with van der Waals surface area (Å²) in [6, 6.07) is 9.15. The smallest absolute Gasteiger partial charge is 0.0366 e. The lowest BCUT2D eigenvalue weighted by Crippen LogP contribution is -2.59. The summed E-state index contributed by atoms with van der Waals surface area (Å²) in [5.41, 5.74) is 3.60. The van der Waals surface area contributed by atoms with E-state index in [1.807, 2.05) is 0 Å². The van der Waals surface area contributed by atoms with Crippen molar-refractivity contribution < 1.29 is 0 Å². The fourth-order valence-electron chi connectivity index (χ4n) is 3.01. The van der Waals surface area contributed by atoms with Crippen molar-refractivity contribution in [2.45, 2.75) is 39.0 Å². The van der Waals surface area contributed by atoms with Gasteiger partial charge in [0.05, 0.1) is 0 Å². The molecule has 0 radical (unpaired) electrons. The average Bonchev–Trinajstić information content (AvgIpc) is 2.14. The summed E-state index contributed by atoms with van der Waals surface area (Å²) in [7, 11) is 0. The van der Waals surface area contributed by atoms with Gasteiger partial charge in [-0.05, 0) is 36.5 Å². The molecule has 1 saturated carbocycles.